The first-order valence-electron chi connectivity index (χ1n) is 16.1. The standard InChI is InChI=1S/C33H58N4O3/c1-2-3-4-5-6-7-8-9-10-11-12-13-17-23-31(38)36-27-28-37(30(33(35)40)22-18-19-26-34)32(39)25-24-29-20-15-14-16-21-29/h14-16,20-21,30H,2-13,17-19,22-28,34H2,1H3,(H2,35,40)(H,36,38)/t30-/m0/s1. The van der Waals surface area contributed by atoms with E-state index in [0.29, 0.717) is 32.4 Å². The quantitative estimate of drug-likeness (QED) is 0.120. The maximum absolute atomic E-state index is 13.2. The van der Waals surface area contributed by atoms with Gasteiger partial charge >= 0.3 is 0 Å². The van der Waals surface area contributed by atoms with Crippen LogP contribution in [0, 0.1) is 0 Å². The number of hydrogen-bond donors (Lipinski definition) is 3. The van der Waals surface area contributed by atoms with Crippen molar-refractivity contribution < 1.29 is 14.4 Å². The van der Waals surface area contributed by atoms with Gasteiger partial charge < -0.3 is 21.7 Å². The molecule has 40 heavy (non-hydrogen) atoms. The molecule has 0 spiro atoms. The number of unbranched alkanes of at least 4 members (excludes halogenated alkanes) is 13. The molecule has 3 amide bonds. The number of aryl methyl sites for hydroxylation is 1. The molecule has 0 fully saturated rings. The Labute approximate surface area is 244 Å². The van der Waals surface area contributed by atoms with E-state index >= 15 is 0 Å². The maximum atomic E-state index is 13.2. The summed E-state index contributed by atoms with van der Waals surface area (Å²) in [7, 11) is 0. The zero-order valence-electron chi connectivity index (χ0n) is 25.3. The van der Waals surface area contributed by atoms with Crippen molar-refractivity contribution >= 4 is 17.7 Å². The average molecular weight is 559 g/mol. The van der Waals surface area contributed by atoms with Crippen LogP contribution in [-0.4, -0.2) is 48.3 Å². The van der Waals surface area contributed by atoms with Gasteiger partial charge in [-0.1, -0.05) is 114 Å². The van der Waals surface area contributed by atoms with Gasteiger partial charge in [0.1, 0.15) is 6.04 Å². The number of carbonyl (C=O) groups is 3. The molecule has 5 N–H and O–H groups in total. The van der Waals surface area contributed by atoms with Gasteiger partial charge in [-0.25, -0.2) is 0 Å². The Balaban J connectivity index is 2.32. The monoisotopic (exact) mass is 558 g/mol. The van der Waals surface area contributed by atoms with Crippen molar-refractivity contribution in [1.29, 1.82) is 0 Å². The zero-order chi connectivity index (χ0) is 29.3. The number of carbonyl (C=O) groups excluding carboxylic acids is 3. The van der Waals surface area contributed by atoms with Crippen molar-refractivity contribution in [1.82, 2.24) is 10.2 Å². The number of primary amides is 1. The molecule has 0 heterocycles. The Hall–Kier alpha value is -2.41. The molecule has 7 nitrogen and oxygen atoms in total. The van der Waals surface area contributed by atoms with Crippen molar-refractivity contribution in [3.63, 3.8) is 0 Å². The van der Waals surface area contributed by atoms with E-state index in [9.17, 15) is 14.4 Å². The summed E-state index contributed by atoms with van der Waals surface area (Å²) >= 11 is 0. The molecule has 1 atom stereocenters. The SMILES string of the molecule is CCCCCCCCCCCCCCCC(=O)NCCN(C(=O)CCc1ccccc1)[C@@H](CCCCN)C(N)=O. The van der Waals surface area contributed by atoms with E-state index in [1.807, 2.05) is 30.3 Å². The van der Waals surface area contributed by atoms with Gasteiger partial charge in [-0.2, -0.15) is 0 Å². The summed E-state index contributed by atoms with van der Waals surface area (Å²) in [6, 6.07) is 9.13. The summed E-state index contributed by atoms with van der Waals surface area (Å²) in [5.41, 5.74) is 12.4. The van der Waals surface area contributed by atoms with Crippen LogP contribution in [0.25, 0.3) is 0 Å². The van der Waals surface area contributed by atoms with Crippen LogP contribution in [0.3, 0.4) is 0 Å². The highest BCUT2D eigenvalue weighted by Gasteiger charge is 2.27. The highest BCUT2D eigenvalue weighted by atomic mass is 16.2. The van der Waals surface area contributed by atoms with E-state index < -0.39 is 11.9 Å². The fourth-order valence-electron chi connectivity index (χ4n) is 5.14. The van der Waals surface area contributed by atoms with Crippen LogP contribution in [0.15, 0.2) is 30.3 Å². The molecule has 0 unspecified atom stereocenters. The fourth-order valence-corrected chi connectivity index (χ4v) is 5.14. The minimum absolute atomic E-state index is 0.00138. The zero-order valence-corrected chi connectivity index (χ0v) is 25.3. The first kappa shape index (κ1) is 35.6. The lowest BCUT2D eigenvalue weighted by atomic mass is 10.0. The Kier molecular flexibility index (Phi) is 21.7. The molecule has 1 aromatic rings. The summed E-state index contributed by atoms with van der Waals surface area (Å²) < 4.78 is 0. The molecular weight excluding hydrogens is 500 g/mol. The van der Waals surface area contributed by atoms with Gasteiger partial charge in [0.25, 0.3) is 0 Å². The molecule has 1 rings (SSSR count). The van der Waals surface area contributed by atoms with E-state index in [1.165, 1.54) is 70.6 Å². The van der Waals surface area contributed by atoms with E-state index in [-0.39, 0.29) is 24.8 Å². The predicted octanol–water partition coefficient (Wildman–Crippen LogP) is 6.03. The third-order valence-electron chi connectivity index (χ3n) is 7.61. The van der Waals surface area contributed by atoms with Crippen LogP contribution in [0.1, 0.15) is 128 Å². The number of nitrogens with two attached hydrogens (primary N) is 2. The summed E-state index contributed by atoms with van der Waals surface area (Å²) in [4.78, 5) is 39.4. The summed E-state index contributed by atoms with van der Waals surface area (Å²) in [5, 5.41) is 2.94. The van der Waals surface area contributed by atoms with Crippen LogP contribution in [0.2, 0.25) is 0 Å². The lowest BCUT2D eigenvalue weighted by Crippen LogP contribution is -2.50. The van der Waals surface area contributed by atoms with E-state index in [4.69, 9.17) is 11.5 Å². The molecule has 0 bridgehead atoms. The van der Waals surface area contributed by atoms with E-state index in [1.54, 1.807) is 4.90 Å². The van der Waals surface area contributed by atoms with Gasteiger partial charge in [-0.05, 0) is 44.2 Å². The van der Waals surface area contributed by atoms with Crippen molar-refractivity contribution in [3.8, 4) is 0 Å². The minimum atomic E-state index is -0.687. The highest BCUT2D eigenvalue weighted by molar-refractivity contribution is 5.86. The van der Waals surface area contributed by atoms with Gasteiger partial charge in [-0.15, -0.1) is 0 Å². The molecule has 0 saturated heterocycles. The Morgan fingerprint density at radius 1 is 0.775 bits per heavy atom. The van der Waals surface area contributed by atoms with Crippen molar-refractivity contribution in [3.05, 3.63) is 35.9 Å². The van der Waals surface area contributed by atoms with Gasteiger partial charge in [0, 0.05) is 25.9 Å². The van der Waals surface area contributed by atoms with E-state index in [2.05, 4.69) is 12.2 Å². The van der Waals surface area contributed by atoms with Gasteiger partial charge in [0.05, 0.1) is 0 Å². The van der Waals surface area contributed by atoms with Crippen molar-refractivity contribution in [2.45, 2.75) is 135 Å². The van der Waals surface area contributed by atoms with Gasteiger partial charge in [-0.3, -0.25) is 14.4 Å². The third kappa shape index (κ3) is 18.0. The molecule has 0 aliphatic carbocycles. The van der Waals surface area contributed by atoms with Gasteiger partial charge in [0.15, 0.2) is 0 Å². The van der Waals surface area contributed by atoms with Crippen LogP contribution < -0.4 is 16.8 Å². The topological polar surface area (TPSA) is 119 Å². The third-order valence-corrected chi connectivity index (χ3v) is 7.61. The molecular formula is C33H58N4O3. The average Bonchev–Trinajstić information content (AvgIpc) is 2.95. The molecule has 0 aromatic heterocycles. The molecule has 0 aliphatic rings. The molecule has 0 radical (unpaired) electrons. The minimum Gasteiger partial charge on any atom is -0.368 e. The Morgan fingerprint density at radius 3 is 1.90 bits per heavy atom. The van der Waals surface area contributed by atoms with Crippen molar-refractivity contribution in [2.24, 2.45) is 11.5 Å². The number of nitrogens with one attached hydrogen (secondary N) is 1. The Bertz CT molecular complexity index is 787. The first-order chi connectivity index (χ1) is 19.5. The Morgan fingerprint density at radius 2 is 1.35 bits per heavy atom. The largest absolute Gasteiger partial charge is 0.368 e. The normalized spacial score (nSPS) is 11.8. The van der Waals surface area contributed by atoms with Gasteiger partial charge in [0.2, 0.25) is 17.7 Å². The first-order valence-corrected chi connectivity index (χ1v) is 16.1. The van der Waals surface area contributed by atoms with Crippen LogP contribution in [0.4, 0.5) is 0 Å². The lowest BCUT2D eigenvalue weighted by Gasteiger charge is -2.30. The second-order valence-electron chi connectivity index (χ2n) is 11.1. The van der Waals surface area contributed by atoms with Crippen molar-refractivity contribution in [2.75, 3.05) is 19.6 Å². The maximum Gasteiger partial charge on any atom is 0.240 e. The summed E-state index contributed by atoms with van der Waals surface area (Å²) in [6.45, 7) is 3.38. The molecule has 228 valence electrons. The molecule has 1 aromatic carbocycles. The second kappa shape index (κ2) is 24.4. The predicted molar refractivity (Wildman–Crippen MR) is 166 cm³/mol. The smallest absolute Gasteiger partial charge is 0.240 e. The summed E-state index contributed by atoms with van der Waals surface area (Å²) in [5.74, 6) is -0.631. The fraction of sp³-hybridized carbons (Fsp3) is 0.727. The number of hydrogen-bond acceptors (Lipinski definition) is 4. The lowest BCUT2D eigenvalue weighted by molar-refractivity contribution is -0.139. The van der Waals surface area contributed by atoms with Crippen LogP contribution >= 0.6 is 0 Å². The number of amides is 3. The second-order valence-corrected chi connectivity index (χ2v) is 11.1. The molecule has 7 heteroatoms. The molecule has 0 aliphatic heterocycles. The number of benzene rings is 1. The van der Waals surface area contributed by atoms with E-state index in [0.717, 1.165) is 31.2 Å². The number of rotatable bonds is 26. The number of nitrogens with zero attached hydrogens (tertiary/aromatic N) is 1. The van der Waals surface area contributed by atoms with Crippen LogP contribution in [0.5, 0.6) is 0 Å². The highest BCUT2D eigenvalue weighted by Crippen LogP contribution is 2.14. The molecule has 0 saturated carbocycles. The summed E-state index contributed by atoms with van der Waals surface area (Å²) in [6.07, 6.45) is 19.9. The van der Waals surface area contributed by atoms with Crippen LogP contribution in [-0.2, 0) is 20.8 Å².